The van der Waals surface area contributed by atoms with Crippen LogP contribution >= 0.6 is 7.82 Å². The van der Waals surface area contributed by atoms with Crippen molar-refractivity contribution in [3.63, 3.8) is 0 Å². The Hall–Kier alpha value is -2.62. The van der Waals surface area contributed by atoms with Crippen molar-refractivity contribution in [2.75, 3.05) is 33.0 Å². The van der Waals surface area contributed by atoms with Crippen molar-refractivity contribution in [2.24, 2.45) is 0 Å². The van der Waals surface area contributed by atoms with Gasteiger partial charge < -0.3 is 24.6 Å². The van der Waals surface area contributed by atoms with Crippen LogP contribution in [0.5, 0.6) is 0 Å². The molecule has 9 nitrogen and oxygen atoms in total. The van der Waals surface area contributed by atoms with E-state index in [9.17, 15) is 19.4 Å². The first-order valence-corrected chi connectivity index (χ1v) is 24.2. The van der Waals surface area contributed by atoms with Gasteiger partial charge in [-0.05, 0) is 89.9 Å². The summed E-state index contributed by atoms with van der Waals surface area (Å²) in [5.74, 6) is -0.414. The van der Waals surface area contributed by atoms with Crippen molar-refractivity contribution in [1.29, 1.82) is 0 Å². The molecule has 0 radical (unpaired) electrons. The molecule has 0 fully saturated rings. The van der Waals surface area contributed by atoms with Crippen LogP contribution < -0.4 is 0 Å². The van der Waals surface area contributed by atoms with Crippen LogP contribution in [0.15, 0.2) is 97.2 Å². The predicted molar refractivity (Wildman–Crippen MR) is 246 cm³/mol. The maximum absolute atomic E-state index is 12.6. The molecule has 0 spiro atoms. The number of phosphoric ester groups is 1. The van der Waals surface area contributed by atoms with Gasteiger partial charge in [-0.2, -0.15) is 0 Å². The molecule has 0 heterocycles. The van der Waals surface area contributed by atoms with Gasteiger partial charge in [-0.1, -0.05) is 162 Å². The largest absolute Gasteiger partial charge is 0.472 e. The zero-order valence-corrected chi connectivity index (χ0v) is 37.8. The molecule has 0 aliphatic rings. The zero-order chi connectivity index (χ0) is 43.2. The number of hydrogen-bond donors (Lipinski definition) is 3. The molecule has 3 unspecified atom stereocenters. The number of esters is 1. The SMILES string of the molecule is CC/C=C\C/C=C\C/C=C\C/C=C\C/C=C\C/C=C\CCCOCC(COP(=O)(O)OCC(O)CO)OC(=O)CCCCCCCCC/C=C\C/C=C\CCCCCC. The number of carbonyl (C=O) groups excluding carboxylic acids is 1. The second kappa shape index (κ2) is 44.9. The molecule has 0 rings (SSSR count). The highest BCUT2D eigenvalue weighted by Gasteiger charge is 2.26. The summed E-state index contributed by atoms with van der Waals surface area (Å²) in [6.45, 7) is 3.20. The molecule has 0 amide bonds. The minimum Gasteiger partial charge on any atom is -0.457 e. The van der Waals surface area contributed by atoms with Gasteiger partial charge in [0.05, 0.1) is 26.4 Å². The fourth-order valence-corrected chi connectivity index (χ4v) is 6.37. The third-order valence-corrected chi connectivity index (χ3v) is 9.95. The Labute approximate surface area is 359 Å². The number of unbranched alkanes of at least 4 members (excludes halogenated alkanes) is 12. The molecular weight excluding hydrogens is 764 g/mol. The van der Waals surface area contributed by atoms with Crippen molar-refractivity contribution in [3.8, 4) is 0 Å². The second-order valence-electron chi connectivity index (χ2n) is 14.7. The molecule has 0 saturated heterocycles. The van der Waals surface area contributed by atoms with Crippen molar-refractivity contribution >= 4 is 13.8 Å². The Bertz CT molecular complexity index is 1230. The van der Waals surface area contributed by atoms with Crippen LogP contribution in [-0.4, -0.2) is 66.3 Å². The van der Waals surface area contributed by atoms with Crippen molar-refractivity contribution in [2.45, 2.75) is 174 Å². The number of aliphatic hydroxyl groups is 2. The molecule has 3 N–H and O–H groups in total. The van der Waals surface area contributed by atoms with Crippen LogP contribution in [0.1, 0.15) is 162 Å². The molecule has 0 aliphatic carbocycles. The van der Waals surface area contributed by atoms with Gasteiger partial charge in [-0.25, -0.2) is 4.57 Å². The van der Waals surface area contributed by atoms with E-state index in [2.05, 4.69) is 111 Å². The molecule has 0 aromatic heterocycles. The molecule has 0 aromatic carbocycles. The lowest BCUT2D eigenvalue weighted by atomic mass is 10.1. The lowest BCUT2D eigenvalue weighted by Crippen LogP contribution is -2.29. The molecule has 0 saturated carbocycles. The molecule has 0 bridgehead atoms. The summed E-state index contributed by atoms with van der Waals surface area (Å²) in [6.07, 6.45) is 56.6. The molecule has 59 heavy (non-hydrogen) atoms. The normalized spacial score (nSPS) is 14.9. The fourth-order valence-electron chi connectivity index (χ4n) is 5.58. The van der Waals surface area contributed by atoms with E-state index in [4.69, 9.17) is 23.6 Å². The summed E-state index contributed by atoms with van der Waals surface area (Å²) >= 11 is 0. The highest BCUT2D eigenvalue weighted by Crippen LogP contribution is 2.43. The number of phosphoric acid groups is 1. The van der Waals surface area contributed by atoms with Gasteiger partial charge in [0.15, 0.2) is 0 Å². The Kier molecular flexibility index (Phi) is 42.9. The second-order valence-corrected chi connectivity index (χ2v) is 16.1. The maximum Gasteiger partial charge on any atom is 0.472 e. The number of carbonyl (C=O) groups is 1. The third kappa shape index (κ3) is 44.8. The minimum absolute atomic E-state index is 0.000229. The number of rotatable bonds is 42. The Morgan fingerprint density at radius 2 is 0.966 bits per heavy atom. The van der Waals surface area contributed by atoms with E-state index in [1.165, 1.54) is 51.4 Å². The molecule has 0 aromatic rings. The van der Waals surface area contributed by atoms with Crippen LogP contribution in [0, 0.1) is 0 Å². The van der Waals surface area contributed by atoms with Crippen molar-refractivity contribution in [3.05, 3.63) is 97.2 Å². The van der Waals surface area contributed by atoms with Crippen molar-refractivity contribution in [1.82, 2.24) is 0 Å². The van der Waals surface area contributed by atoms with Crippen LogP contribution in [0.2, 0.25) is 0 Å². The van der Waals surface area contributed by atoms with E-state index in [1.807, 2.05) is 0 Å². The topological polar surface area (TPSA) is 132 Å². The number of allylic oxidation sites excluding steroid dienone is 16. The lowest BCUT2D eigenvalue weighted by Gasteiger charge is -2.20. The molecule has 338 valence electrons. The first-order chi connectivity index (χ1) is 28.8. The maximum atomic E-state index is 12.6. The summed E-state index contributed by atoms with van der Waals surface area (Å²) in [7, 11) is -4.54. The zero-order valence-electron chi connectivity index (χ0n) is 36.9. The van der Waals surface area contributed by atoms with E-state index in [1.54, 1.807) is 0 Å². The lowest BCUT2D eigenvalue weighted by molar-refractivity contribution is -0.154. The van der Waals surface area contributed by atoms with Gasteiger partial charge in [0.25, 0.3) is 0 Å². The highest BCUT2D eigenvalue weighted by molar-refractivity contribution is 7.47. The highest BCUT2D eigenvalue weighted by atomic mass is 31.2. The monoisotopic (exact) mass is 847 g/mol. The van der Waals surface area contributed by atoms with Crippen molar-refractivity contribution < 1.29 is 43.0 Å². The predicted octanol–water partition coefficient (Wildman–Crippen LogP) is 12.9. The molecule has 0 aliphatic heterocycles. The minimum atomic E-state index is -4.54. The first-order valence-electron chi connectivity index (χ1n) is 22.7. The molecule has 3 atom stereocenters. The fraction of sp³-hybridized carbons (Fsp3) is 0.653. The number of ether oxygens (including phenoxy) is 2. The van der Waals surface area contributed by atoms with E-state index in [-0.39, 0.29) is 13.0 Å². The first kappa shape index (κ1) is 56.4. The standard InChI is InChI=1S/C49H83O9P/c1-3-5-7-9-11-13-15-17-19-21-23-24-26-28-30-32-34-36-38-40-42-55-45-48(46-57-59(53,54)56-44-47(51)43-50)58-49(52)41-39-37-35-33-31-29-27-25-22-20-18-16-14-12-10-8-6-4-2/h5,7,11,13-14,16-17,19-20,22-24,28,30,34,36,47-48,50-51H,3-4,6,8-10,12,15,18,21,25-27,29,31-33,35,37-46H2,1-2H3,(H,53,54)/b7-5-,13-11-,16-14-,19-17-,22-20-,24-23-,30-28-,36-34-. The smallest absolute Gasteiger partial charge is 0.457 e. The van der Waals surface area contributed by atoms with E-state index >= 15 is 0 Å². The summed E-state index contributed by atoms with van der Waals surface area (Å²) in [4.78, 5) is 22.6. The van der Waals surface area contributed by atoms with Crippen LogP contribution in [0.25, 0.3) is 0 Å². The molecule has 10 heteroatoms. The molecular formula is C49H83O9P. The third-order valence-electron chi connectivity index (χ3n) is 9.00. The van der Waals surface area contributed by atoms with Gasteiger partial charge in [-0.15, -0.1) is 0 Å². The van der Waals surface area contributed by atoms with Gasteiger partial charge in [0, 0.05) is 13.0 Å². The average Bonchev–Trinajstić information content (AvgIpc) is 3.23. The van der Waals surface area contributed by atoms with Gasteiger partial charge in [0.1, 0.15) is 12.2 Å². The summed E-state index contributed by atoms with van der Waals surface area (Å²) in [5.41, 5.74) is 0. The average molecular weight is 847 g/mol. The Morgan fingerprint density at radius 3 is 1.46 bits per heavy atom. The quantitative estimate of drug-likeness (QED) is 0.0238. The van der Waals surface area contributed by atoms with Gasteiger partial charge in [-0.3, -0.25) is 13.8 Å². The summed E-state index contributed by atoms with van der Waals surface area (Å²) < 4.78 is 33.3. The number of aliphatic hydroxyl groups excluding tert-OH is 2. The number of hydrogen-bond acceptors (Lipinski definition) is 8. The van der Waals surface area contributed by atoms with E-state index in [0.29, 0.717) is 13.0 Å². The summed E-state index contributed by atoms with van der Waals surface area (Å²) in [5, 5.41) is 18.4. The Balaban J connectivity index is 4.30. The van der Waals surface area contributed by atoms with Crippen LogP contribution in [0.3, 0.4) is 0 Å². The van der Waals surface area contributed by atoms with Crippen LogP contribution in [0.4, 0.5) is 0 Å². The Morgan fingerprint density at radius 1 is 0.542 bits per heavy atom. The van der Waals surface area contributed by atoms with Gasteiger partial charge in [0.2, 0.25) is 0 Å². The van der Waals surface area contributed by atoms with Crippen LogP contribution in [-0.2, 0) is 27.9 Å². The summed E-state index contributed by atoms with van der Waals surface area (Å²) in [6, 6.07) is 0. The van der Waals surface area contributed by atoms with Gasteiger partial charge >= 0.3 is 13.8 Å². The van der Waals surface area contributed by atoms with E-state index in [0.717, 1.165) is 83.5 Å². The van der Waals surface area contributed by atoms with E-state index < -0.39 is 45.8 Å².